The second kappa shape index (κ2) is 4.29. The SMILES string of the molecule is Oc1cccc(C2COCCN2)c1Br. The molecule has 3 nitrogen and oxygen atoms in total. The maximum Gasteiger partial charge on any atom is 0.130 e. The van der Waals surface area contributed by atoms with Crippen LogP contribution in [0.4, 0.5) is 0 Å². The maximum absolute atomic E-state index is 9.52. The maximum atomic E-state index is 9.52. The van der Waals surface area contributed by atoms with Gasteiger partial charge >= 0.3 is 0 Å². The molecule has 1 aromatic carbocycles. The summed E-state index contributed by atoms with van der Waals surface area (Å²) in [5.74, 6) is 0.273. The van der Waals surface area contributed by atoms with E-state index in [-0.39, 0.29) is 11.8 Å². The Morgan fingerprint density at radius 3 is 3.07 bits per heavy atom. The van der Waals surface area contributed by atoms with Crippen LogP contribution in [0.15, 0.2) is 22.7 Å². The van der Waals surface area contributed by atoms with Crippen LogP contribution in [0.25, 0.3) is 0 Å². The largest absolute Gasteiger partial charge is 0.507 e. The van der Waals surface area contributed by atoms with E-state index < -0.39 is 0 Å². The van der Waals surface area contributed by atoms with Crippen LogP contribution in [0, 0.1) is 0 Å². The summed E-state index contributed by atoms with van der Waals surface area (Å²) in [6, 6.07) is 5.66. The number of hydrogen-bond donors (Lipinski definition) is 2. The van der Waals surface area contributed by atoms with E-state index >= 15 is 0 Å². The highest BCUT2D eigenvalue weighted by molar-refractivity contribution is 9.10. The summed E-state index contributed by atoms with van der Waals surface area (Å²) >= 11 is 3.37. The number of phenolic OH excluding ortho intramolecular Hbond substituents is 1. The van der Waals surface area contributed by atoms with Gasteiger partial charge < -0.3 is 15.2 Å². The second-order valence-electron chi connectivity index (χ2n) is 3.26. The molecule has 2 rings (SSSR count). The molecule has 1 fully saturated rings. The monoisotopic (exact) mass is 257 g/mol. The van der Waals surface area contributed by atoms with Crippen molar-refractivity contribution in [1.29, 1.82) is 0 Å². The lowest BCUT2D eigenvalue weighted by molar-refractivity contribution is 0.0766. The Balaban J connectivity index is 2.26. The van der Waals surface area contributed by atoms with E-state index in [2.05, 4.69) is 21.2 Å². The van der Waals surface area contributed by atoms with Crippen molar-refractivity contribution in [2.45, 2.75) is 6.04 Å². The minimum absolute atomic E-state index is 0.172. The molecule has 4 heteroatoms. The molecule has 0 amide bonds. The zero-order valence-corrected chi connectivity index (χ0v) is 9.25. The fourth-order valence-electron chi connectivity index (χ4n) is 1.57. The highest BCUT2D eigenvalue weighted by atomic mass is 79.9. The van der Waals surface area contributed by atoms with Crippen LogP contribution in [0.5, 0.6) is 5.75 Å². The zero-order valence-electron chi connectivity index (χ0n) is 7.66. The zero-order chi connectivity index (χ0) is 9.97. The highest BCUT2D eigenvalue weighted by Crippen LogP contribution is 2.31. The van der Waals surface area contributed by atoms with Crippen LogP contribution in [-0.4, -0.2) is 24.9 Å². The Morgan fingerprint density at radius 1 is 1.50 bits per heavy atom. The molecule has 2 N–H and O–H groups in total. The van der Waals surface area contributed by atoms with Gasteiger partial charge in [0.2, 0.25) is 0 Å². The molecule has 1 unspecified atom stereocenters. The van der Waals surface area contributed by atoms with Crippen LogP contribution in [0.3, 0.4) is 0 Å². The quantitative estimate of drug-likeness (QED) is 0.807. The Bertz CT molecular complexity index is 324. The molecule has 0 aromatic heterocycles. The van der Waals surface area contributed by atoms with E-state index in [0.717, 1.165) is 23.2 Å². The molecule has 1 aliphatic rings. The van der Waals surface area contributed by atoms with Crippen LogP contribution in [-0.2, 0) is 4.74 Å². The van der Waals surface area contributed by atoms with Gasteiger partial charge in [-0.2, -0.15) is 0 Å². The molecule has 1 heterocycles. The number of halogens is 1. The van der Waals surface area contributed by atoms with Crippen molar-refractivity contribution < 1.29 is 9.84 Å². The molecule has 0 saturated carbocycles. The first kappa shape index (κ1) is 9.96. The predicted octanol–water partition coefficient (Wildman–Crippen LogP) is 1.82. The van der Waals surface area contributed by atoms with E-state index in [9.17, 15) is 5.11 Å². The standard InChI is InChI=1S/C10H12BrNO2/c11-10-7(2-1-3-9(10)13)8-6-14-5-4-12-8/h1-3,8,12-13H,4-6H2. The Morgan fingerprint density at radius 2 is 2.36 bits per heavy atom. The summed E-state index contributed by atoms with van der Waals surface area (Å²) in [6.07, 6.45) is 0. The van der Waals surface area contributed by atoms with E-state index in [1.807, 2.05) is 12.1 Å². The summed E-state index contributed by atoms with van der Waals surface area (Å²) in [5, 5.41) is 12.9. The van der Waals surface area contributed by atoms with Crippen molar-refractivity contribution in [3.63, 3.8) is 0 Å². The normalized spacial score (nSPS) is 22.2. The average molecular weight is 258 g/mol. The van der Waals surface area contributed by atoms with E-state index in [4.69, 9.17) is 4.74 Å². The lowest BCUT2D eigenvalue weighted by Crippen LogP contribution is -2.34. The molecular formula is C10H12BrNO2. The third-order valence-electron chi connectivity index (χ3n) is 2.31. The van der Waals surface area contributed by atoms with Gasteiger partial charge in [-0.3, -0.25) is 0 Å². The van der Waals surface area contributed by atoms with Gasteiger partial charge in [-0.25, -0.2) is 0 Å². The van der Waals surface area contributed by atoms with Gasteiger partial charge in [0, 0.05) is 6.54 Å². The van der Waals surface area contributed by atoms with Gasteiger partial charge in [0.1, 0.15) is 5.75 Å². The molecule has 1 atom stereocenters. The van der Waals surface area contributed by atoms with Crippen LogP contribution >= 0.6 is 15.9 Å². The highest BCUT2D eigenvalue weighted by Gasteiger charge is 2.18. The van der Waals surface area contributed by atoms with Gasteiger partial charge in [-0.05, 0) is 27.6 Å². The smallest absolute Gasteiger partial charge is 0.130 e. The van der Waals surface area contributed by atoms with Crippen LogP contribution < -0.4 is 5.32 Å². The molecular weight excluding hydrogens is 246 g/mol. The van der Waals surface area contributed by atoms with Crippen molar-refractivity contribution in [1.82, 2.24) is 5.32 Å². The second-order valence-corrected chi connectivity index (χ2v) is 4.05. The van der Waals surface area contributed by atoms with Gasteiger partial charge in [-0.15, -0.1) is 0 Å². The molecule has 76 valence electrons. The number of ether oxygens (including phenoxy) is 1. The third-order valence-corrected chi connectivity index (χ3v) is 3.17. The number of rotatable bonds is 1. The number of benzene rings is 1. The summed E-state index contributed by atoms with van der Waals surface area (Å²) in [5.41, 5.74) is 1.05. The number of phenols is 1. The summed E-state index contributed by atoms with van der Waals surface area (Å²) in [4.78, 5) is 0. The summed E-state index contributed by atoms with van der Waals surface area (Å²) < 4.78 is 6.12. The molecule has 0 radical (unpaired) electrons. The first-order valence-electron chi connectivity index (χ1n) is 4.57. The third kappa shape index (κ3) is 1.92. The van der Waals surface area contributed by atoms with Crippen molar-refractivity contribution in [2.24, 2.45) is 0 Å². The van der Waals surface area contributed by atoms with Gasteiger partial charge in [0.25, 0.3) is 0 Å². The topological polar surface area (TPSA) is 41.5 Å². The lowest BCUT2D eigenvalue weighted by atomic mass is 10.1. The van der Waals surface area contributed by atoms with E-state index in [1.54, 1.807) is 6.07 Å². The minimum Gasteiger partial charge on any atom is -0.507 e. The molecule has 1 aromatic rings. The van der Waals surface area contributed by atoms with Crippen LogP contribution in [0.2, 0.25) is 0 Å². The van der Waals surface area contributed by atoms with Crippen molar-refractivity contribution in [2.75, 3.05) is 19.8 Å². The Hall–Kier alpha value is -0.580. The number of nitrogens with one attached hydrogen (secondary N) is 1. The predicted molar refractivity (Wildman–Crippen MR) is 57.4 cm³/mol. The minimum atomic E-state index is 0.172. The van der Waals surface area contributed by atoms with Crippen molar-refractivity contribution in [3.8, 4) is 5.75 Å². The van der Waals surface area contributed by atoms with Crippen LogP contribution in [0.1, 0.15) is 11.6 Å². The average Bonchev–Trinajstić information content (AvgIpc) is 2.23. The summed E-state index contributed by atoms with van der Waals surface area (Å²) in [7, 11) is 0. The molecule has 1 aliphatic heterocycles. The molecule has 14 heavy (non-hydrogen) atoms. The molecule has 0 aliphatic carbocycles. The Labute approximate surface area is 91.2 Å². The first-order chi connectivity index (χ1) is 6.79. The number of hydrogen-bond acceptors (Lipinski definition) is 3. The van der Waals surface area contributed by atoms with Gasteiger partial charge in [0.15, 0.2) is 0 Å². The van der Waals surface area contributed by atoms with E-state index in [0.29, 0.717) is 6.61 Å². The van der Waals surface area contributed by atoms with E-state index in [1.165, 1.54) is 0 Å². The van der Waals surface area contributed by atoms with Gasteiger partial charge in [0.05, 0.1) is 23.7 Å². The first-order valence-corrected chi connectivity index (χ1v) is 5.37. The number of morpholine rings is 1. The Kier molecular flexibility index (Phi) is 3.05. The summed E-state index contributed by atoms with van der Waals surface area (Å²) in [6.45, 7) is 2.27. The lowest BCUT2D eigenvalue weighted by Gasteiger charge is -2.25. The molecule has 0 spiro atoms. The molecule has 1 saturated heterocycles. The molecule has 0 bridgehead atoms. The van der Waals surface area contributed by atoms with Crippen molar-refractivity contribution in [3.05, 3.63) is 28.2 Å². The fourth-order valence-corrected chi connectivity index (χ4v) is 2.11. The fraction of sp³-hybridized carbons (Fsp3) is 0.400. The van der Waals surface area contributed by atoms with Gasteiger partial charge in [-0.1, -0.05) is 12.1 Å². The van der Waals surface area contributed by atoms with Crippen molar-refractivity contribution >= 4 is 15.9 Å². The number of aromatic hydroxyl groups is 1.